The zero-order valence-electron chi connectivity index (χ0n) is 23.0. The van der Waals surface area contributed by atoms with Gasteiger partial charge in [0.25, 0.3) is 11.2 Å². The molecular formula is C25H29F12NO4. The smallest absolute Gasteiger partial charge is 0.372 e. The van der Waals surface area contributed by atoms with Gasteiger partial charge in [-0.05, 0) is 65.5 Å². The fourth-order valence-corrected chi connectivity index (χ4v) is 4.20. The Balaban J connectivity index is 3.67. The molecule has 2 atom stereocenters. The predicted octanol–water partition coefficient (Wildman–Crippen LogP) is 7.35. The number of hydrogen-bond donors (Lipinski definition) is 2. The second-order valence-corrected chi connectivity index (χ2v) is 10.4. The molecule has 0 aromatic heterocycles. The maximum atomic E-state index is 13.4. The Morgan fingerprint density at radius 2 is 1.02 bits per heavy atom. The van der Waals surface area contributed by atoms with Crippen molar-refractivity contribution in [2.24, 2.45) is 4.99 Å². The average molecular weight is 635 g/mol. The molecule has 2 unspecified atom stereocenters. The highest BCUT2D eigenvalue weighted by Crippen LogP contribution is 2.49. The molecule has 0 aliphatic rings. The van der Waals surface area contributed by atoms with E-state index in [2.05, 4.69) is 18.3 Å². The lowest BCUT2D eigenvalue weighted by atomic mass is 9.85. The molecule has 0 bridgehead atoms. The topological polar surface area (TPSA) is 71.3 Å². The van der Waals surface area contributed by atoms with Crippen molar-refractivity contribution in [1.29, 1.82) is 0 Å². The van der Waals surface area contributed by atoms with Gasteiger partial charge in [0.1, 0.15) is 12.2 Å². The molecule has 1 aromatic carbocycles. The minimum Gasteiger partial charge on any atom is -0.372 e. The summed E-state index contributed by atoms with van der Waals surface area (Å²) in [6.07, 6.45) is -30.7. The van der Waals surface area contributed by atoms with Gasteiger partial charge in [-0.15, -0.1) is 0 Å². The van der Waals surface area contributed by atoms with Crippen molar-refractivity contribution in [1.82, 2.24) is 0 Å². The van der Waals surface area contributed by atoms with Gasteiger partial charge in [0.05, 0.1) is 16.9 Å². The van der Waals surface area contributed by atoms with Crippen LogP contribution in [0.5, 0.6) is 0 Å². The molecule has 42 heavy (non-hydrogen) atoms. The van der Waals surface area contributed by atoms with Crippen LogP contribution in [0.15, 0.2) is 29.8 Å². The number of aliphatic hydroxyl groups is 2. The van der Waals surface area contributed by atoms with Gasteiger partial charge >= 0.3 is 24.7 Å². The van der Waals surface area contributed by atoms with Gasteiger partial charge in [-0.2, -0.15) is 52.7 Å². The molecule has 0 heterocycles. The van der Waals surface area contributed by atoms with E-state index in [0.717, 1.165) is 45.9 Å². The van der Waals surface area contributed by atoms with E-state index in [9.17, 15) is 62.9 Å². The second-order valence-electron chi connectivity index (χ2n) is 10.4. The van der Waals surface area contributed by atoms with E-state index in [0.29, 0.717) is 13.8 Å². The number of hydrogen-bond acceptors (Lipinski definition) is 5. The molecule has 0 saturated carbocycles. The Hall–Kier alpha value is -2.37. The molecule has 242 valence electrons. The minimum absolute atomic E-state index is 0.171. The maximum Gasteiger partial charge on any atom is 0.428 e. The van der Waals surface area contributed by atoms with E-state index in [-0.39, 0.29) is 22.4 Å². The highest BCUT2D eigenvalue weighted by molar-refractivity contribution is 5.70. The van der Waals surface area contributed by atoms with Crippen LogP contribution in [0, 0.1) is 0 Å². The minimum atomic E-state index is -6.22. The molecule has 0 spiro atoms. The van der Waals surface area contributed by atoms with Gasteiger partial charge in [0.2, 0.25) is 0 Å². The van der Waals surface area contributed by atoms with Crippen LogP contribution in [0.2, 0.25) is 0 Å². The lowest BCUT2D eigenvalue weighted by molar-refractivity contribution is -0.399. The lowest BCUT2D eigenvalue weighted by Crippen LogP contribution is -2.64. The van der Waals surface area contributed by atoms with Gasteiger partial charge in [-0.1, -0.05) is 18.7 Å². The van der Waals surface area contributed by atoms with Gasteiger partial charge in [0, 0.05) is 5.56 Å². The Morgan fingerprint density at radius 1 is 0.690 bits per heavy atom. The van der Waals surface area contributed by atoms with Crippen molar-refractivity contribution >= 4 is 12.4 Å². The first kappa shape index (κ1) is 37.7. The third-order valence-electron chi connectivity index (χ3n) is 6.71. The predicted molar refractivity (Wildman–Crippen MR) is 126 cm³/mol. The molecule has 0 fully saturated rings. The van der Waals surface area contributed by atoms with Crippen molar-refractivity contribution in [2.75, 3.05) is 0 Å². The first-order chi connectivity index (χ1) is 18.3. The zero-order chi connectivity index (χ0) is 33.7. The van der Waals surface area contributed by atoms with E-state index in [1.54, 1.807) is 0 Å². The first-order valence-electron chi connectivity index (χ1n) is 11.7. The molecule has 0 aliphatic heterocycles. The quantitative estimate of drug-likeness (QED) is 0.209. The second kappa shape index (κ2) is 11.3. The summed E-state index contributed by atoms with van der Waals surface area (Å²) >= 11 is 0. The van der Waals surface area contributed by atoms with E-state index in [1.807, 2.05) is 0 Å². The monoisotopic (exact) mass is 635 g/mol. The number of aliphatic imine (C=N–C) groups is 1. The van der Waals surface area contributed by atoms with Gasteiger partial charge in [-0.25, -0.2) is 0 Å². The number of alkyl halides is 12. The van der Waals surface area contributed by atoms with E-state index >= 15 is 0 Å². The summed E-state index contributed by atoms with van der Waals surface area (Å²) in [5.41, 5.74) is -15.6. The summed E-state index contributed by atoms with van der Waals surface area (Å²) < 4.78 is 170. The number of halogens is 12. The molecule has 0 aliphatic carbocycles. The fraction of sp³-hybridized carbons (Fsp3) is 0.640. The van der Waals surface area contributed by atoms with Crippen LogP contribution in [0.1, 0.15) is 58.2 Å². The highest BCUT2D eigenvalue weighted by atomic mass is 19.4. The zero-order valence-corrected chi connectivity index (χ0v) is 23.0. The number of rotatable bonds is 10. The molecule has 0 amide bonds. The van der Waals surface area contributed by atoms with Crippen LogP contribution in [0.4, 0.5) is 52.7 Å². The molecule has 17 heteroatoms. The fourth-order valence-electron chi connectivity index (χ4n) is 4.20. The summed E-state index contributed by atoms with van der Waals surface area (Å²) in [4.78, 5) is 3.54. The highest BCUT2D eigenvalue weighted by Gasteiger charge is 2.75. The Kier molecular flexibility index (Phi) is 10.1. The lowest BCUT2D eigenvalue weighted by Gasteiger charge is -2.42. The molecule has 1 aromatic rings. The third-order valence-corrected chi connectivity index (χ3v) is 6.71. The van der Waals surface area contributed by atoms with Crippen LogP contribution in [-0.2, 0) is 20.7 Å². The first-order valence-corrected chi connectivity index (χ1v) is 11.7. The molecule has 0 radical (unpaired) electrons. The van der Waals surface area contributed by atoms with Gasteiger partial charge in [-0.3, -0.25) is 4.99 Å². The number of nitrogens with zero attached hydrogens (tertiary/aromatic N) is 1. The Morgan fingerprint density at radius 3 is 1.33 bits per heavy atom. The third kappa shape index (κ3) is 6.73. The van der Waals surface area contributed by atoms with Gasteiger partial charge < -0.3 is 19.7 Å². The largest absolute Gasteiger partial charge is 0.428 e. The number of benzene rings is 1. The van der Waals surface area contributed by atoms with Crippen LogP contribution in [-0.4, -0.2) is 65.0 Å². The molecule has 2 N–H and O–H groups in total. The maximum absolute atomic E-state index is 13.4. The summed E-state index contributed by atoms with van der Waals surface area (Å²) in [6.45, 7) is 11.6. The standard InChI is InChI=1S/C25H29F12NO4/c1-12(38-8)16-11-15(18(4,5)41-13(2)20(39,22(26,27)28)23(29,30)31)9-10-17(16)19(6,7)42-14(3)21(40,24(32,33)34)25(35,36)37/h9-11,13-14,39-40H,1,8H2,2-7H3. The molecule has 0 saturated heterocycles. The summed E-state index contributed by atoms with van der Waals surface area (Å²) in [6, 6.07) is 3.11. The van der Waals surface area contributed by atoms with Crippen LogP contribution in [0.3, 0.4) is 0 Å². The SMILES string of the molecule is C=NC(=C)c1cc(C(C)(C)OC(C)C(O)(C(F)(F)F)C(F)(F)F)ccc1C(C)(C)OC(C)C(O)(C(F)(F)F)C(F)(F)F. The van der Waals surface area contributed by atoms with Crippen molar-refractivity contribution in [3.63, 3.8) is 0 Å². The van der Waals surface area contributed by atoms with E-state index in [4.69, 9.17) is 9.47 Å². The summed E-state index contributed by atoms with van der Waals surface area (Å²) in [5.74, 6) is 0. The average Bonchev–Trinajstić information content (AvgIpc) is 2.78. The molecule has 5 nitrogen and oxygen atoms in total. The molecule has 1 rings (SSSR count). The van der Waals surface area contributed by atoms with Gasteiger partial charge in [0.15, 0.2) is 0 Å². The van der Waals surface area contributed by atoms with Crippen molar-refractivity contribution in [3.05, 3.63) is 41.5 Å². The van der Waals surface area contributed by atoms with E-state index in [1.165, 1.54) is 0 Å². The van der Waals surface area contributed by atoms with E-state index < -0.39 is 59.3 Å². The van der Waals surface area contributed by atoms with Crippen LogP contribution >= 0.6 is 0 Å². The molecular weight excluding hydrogens is 606 g/mol. The summed E-state index contributed by atoms with van der Waals surface area (Å²) in [5, 5.41) is 19.3. The Bertz CT molecular complexity index is 1120. The normalized spacial score (nSPS) is 16.3. The number of ether oxygens (including phenoxy) is 2. The van der Waals surface area contributed by atoms with Crippen LogP contribution in [0.25, 0.3) is 5.70 Å². The van der Waals surface area contributed by atoms with Crippen molar-refractivity contribution in [2.45, 2.75) is 101 Å². The van der Waals surface area contributed by atoms with Crippen molar-refractivity contribution < 1.29 is 72.4 Å². The Labute approximate surface area is 232 Å². The van der Waals surface area contributed by atoms with Crippen LogP contribution < -0.4 is 0 Å². The van der Waals surface area contributed by atoms with Crippen molar-refractivity contribution in [3.8, 4) is 0 Å². The summed E-state index contributed by atoms with van der Waals surface area (Å²) in [7, 11) is 0.